The van der Waals surface area contributed by atoms with E-state index in [0.717, 1.165) is 14.6 Å². The minimum absolute atomic E-state index is 0.227. The van der Waals surface area contributed by atoms with Crippen molar-refractivity contribution in [2.45, 2.75) is 0 Å². The lowest BCUT2D eigenvalue weighted by Crippen LogP contribution is -2.05. The largest absolute Gasteiger partial charge is 0.477 e. The Balaban J connectivity index is 2.59. The molecule has 1 heterocycles. The second kappa shape index (κ2) is 4.43. The zero-order chi connectivity index (χ0) is 11.7. The molecular weight excluding hydrogens is 338 g/mol. The minimum Gasteiger partial charge on any atom is -0.477 e. The van der Waals surface area contributed by atoms with Crippen LogP contribution in [0.15, 0.2) is 45.5 Å². The van der Waals surface area contributed by atoms with Gasteiger partial charge in [0.1, 0.15) is 5.69 Å². The van der Waals surface area contributed by atoms with E-state index in [1.54, 1.807) is 16.8 Å². The first-order chi connectivity index (χ1) is 7.58. The number of nitrogens with zero attached hydrogens (tertiary/aromatic N) is 1. The number of aromatic nitrogens is 1. The molecule has 2 aromatic rings. The highest BCUT2D eigenvalue weighted by atomic mass is 79.9. The van der Waals surface area contributed by atoms with Crippen LogP contribution in [-0.4, -0.2) is 15.6 Å². The summed E-state index contributed by atoms with van der Waals surface area (Å²) in [7, 11) is 0. The number of halogens is 2. The van der Waals surface area contributed by atoms with E-state index in [1.165, 1.54) is 0 Å². The molecule has 0 fully saturated rings. The van der Waals surface area contributed by atoms with Gasteiger partial charge in [-0.05, 0) is 40.2 Å². The maximum atomic E-state index is 11.0. The van der Waals surface area contributed by atoms with Crippen molar-refractivity contribution >= 4 is 37.8 Å². The Morgan fingerprint density at radius 3 is 2.56 bits per heavy atom. The molecule has 1 N–H and O–H groups in total. The van der Waals surface area contributed by atoms with E-state index in [9.17, 15) is 4.79 Å². The molecule has 3 nitrogen and oxygen atoms in total. The summed E-state index contributed by atoms with van der Waals surface area (Å²) in [5.74, 6) is -0.953. The topological polar surface area (TPSA) is 42.2 Å². The van der Waals surface area contributed by atoms with Crippen LogP contribution in [-0.2, 0) is 0 Å². The van der Waals surface area contributed by atoms with Gasteiger partial charge in [0.25, 0.3) is 0 Å². The number of benzene rings is 1. The molecule has 0 aliphatic rings. The molecule has 82 valence electrons. The lowest BCUT2D eigenvalue weighted by Gasteiger charge is -2.06. The summed E-state index contributed by atoms with van der Waals surface area (Å²) >= 11 is 6.63. The normalized spacial score (nSPS) is 10.4. The Labute approximate surface area is 109 Å². The van der Waals surface area contributed by atoms with E-state index in [2.05, 4.69) is 31.9 Å². The fourth-order valence-corrected chi connectivity index (χ4v) is 2.24. The highest BCUT2D eigenvalue weighted by Crippen LogP contribution is 2.22. The molecule has 0 amide bonds. The van der Waals surface area contributed by atoms with Crippen molar-refractivity contribution in [3.8, 4) is 5.69 Å². The molecule has 1 aromatic heterocycles. The number of carboxylic acid groups (broad SMARTS) is 1. The summed E-state index contributed by atoms with van der Waals surface area (Å²) in [6.45, 7) is 0. The van der Waals surface area contributed by atoms with Crippen molar-refractivity contribution in [3.63, 3.8) is 0 Å². The molecule has 0 atom stereocenters. The highest BCUT2D eigenvalue weighted by Gasteiger charge is 2.12. The maximum Gasteiger partial charge on any atom is 0.352 e. The molecule has 0 radical (unpaired) electrons. The minimum atomic E-state index is -0.953. The second-order valence-corrected chi connectivity index (χ2v) is 5.03. The van der Waals surface area contributed by atoms with Gasteiger partial charge in [0, 0.05) is 20.8 Å². The Morgan fingerprint density at radius 1 is 1.19 bits per heavy atom. The lowest BCUT2D eigenvalue weighted by atomic mass is 10.3. The molecule has 0 saturated heterocycles. The third-order valence-corrected chi connectivity index (χ3v) is 3.02. The summed E-state index contributed by atoms with van der Waals surface area (Å²) in [5, 5.41) is 9.06. The van der Waals surface area contributed by atoms with E-state index in [-0.39, 0.29) is 5.69 Å². The van der Waals surface area contributed by atoms with Crippen LogP contribution < -0.4 is 0 Å². The van der Waals surface area contributed by atoms with Gasteiger partial charge in [0.05, 0.1) is 0 Å². The molecule has 0 aliphatic heterocycles. The first kappa shape index (κ1) is 11.4. The van der Waals surface area contributed by atoms with E-state index in [4.69, 9.17) is 5.11 Å². The second-order valence-electron chi connectivity index (χ2n) is 3.20. The third-order valence-electron chi connectivity index (χ3n) is 2.09. The van der Waals surface area contributed by atoms with Crippen LogP contribution >= 0.6 is 31.9 Å². The molecule has 1 aromatic carbocycles. The van der Waals surface area contributed by atoms with Crippen molar-refractivity contribution < 1.29 is 9.90 Å². The van der Waals surface area contributed by atoms with E-state index in [0.29, 0.717) is 0 Å². The predicted octanol–water partition coefficient (Wildman–Crippen LogP) is 3.70. The first-order valence-corrected chi connectivity index (χ1v) is 6.03. The summed E-state index contributed by atoms with van der Waals surface area (Å²) in [4.78, 5) is 11.0. The van der Waals surface area contributed by atoms with Crippen LogP contribution in [0.5, 0.6) is 0 Å². The van der Waals surface area contributed by atoms with Crippen LogP contribution in [0.1, 0.15) is 10.5 Å². The summed E-state index contributed by atoms with van der Waals surface area (Å²) in [5.41, 5.74) is 1.03. The van der Waals surface area contributed by atoms with Gasteiger partial charge in [-0.2, -0.15) is 0 Å². The number of aromatic carboxylic acids is 1. The monoisotopic (exact) mass is 343 g/mol. The lowest BCUT2D eigenvalue weighted by molar-refractivity contribution is 0.0688. The Bertz CT molecular complexity index is 549. The SMILES string of the molecule is O=C(O)c1cc(Br)cn1-c1cccc(Br)c1. The van der Waals surface area contributed by atoms with Gasteiger partial charge in [-0.1, -0.05) is 22.0 Å². The average molecular weight is 345 g/mol. The van der Waals surface area contributed by atoms with Gasteiger partial charge in [-0.15, -0.1) is 0 Å². The van der Waals surface area contributed by atoms with Crippen molar-refractivity contribution in [1.82, 2.24) is 4.57 Å². The third kappa shape index (κ3) is 2.20. The Kier molecular flexibility index (Phi) is 3.16. The van der Waals surface area contributed by atoms with Gasteiger partial charge in [-0.25, -0.2) is 4.79 Å². The molecule has 0 bridgehead atoms. The fourth-order valence-electron chi connectivity index (χ4n) is 1.43. The van der Waals surface area contributed by atoms with Crippen LogP contribution in [0.25, 0.3) is 5.69 Å². The molecular formula is C11H7Br2NO2. The molecule has 0 saturated carbocycles. The smallest absolute Gasteiger partial charge is 0.352 e. The van der Waals surface area contributed by atoms with Crippen molar-refractivity contribution in [2.75, 3.05) is 0 Å². The standard InChI is InChI=1S/C11H7Br2NO2/c12-7-2-1-3-9(4-7)14-6-8(13)5-10(14)11(15)16/h1-6H,(H,15,16). The van der Waals surface area contributed by atoms with Crippen molar-refractivity contribution in [1.29, 1.82) is 0 Å². The molecule has 2 rings (SSSR count). The van der Waals surface area contributed by atoms with Crippen LogP contribution in [0.3, 0.4) is 0 Å². The van der Waals surface area contributed by atoms with Gasteiger partial charge in [0.2, 0.25) is 0 Å². The molecule has 0 spiro atoms. The number of carbonyl (C=O) groups is 1. The van der Waals surface area contributed by atoms with Crippen LogP contribution in [0, 0.1) is 0 Å². The zero-order valence-electron chi connectivity index (χ0n) is 8.02. The van der Waals surface area contributed by atoms with Crippen molar-refractivity contribution in [2.24, 2.45) is 0 Å². The maximum absolute atomic E-state index is 11.0. The first-order valence-electron chi connectivity index (χ1n) is 4.45. The number of rotatable bonds is 2. The zero-order valence-corrected chi connectivity index (χ0v) is 11.2. The Morgan fingerprint density at radius 2 is 1.94 bits per heavy atom. The number of carboxylic acids is 1. The Hall–Kier alpha value is -1.07. The van der Waals surface area contributed by atoms with Crippen LogP contribution in [0.4, 0.5) is 0 Å². The fraction of sp³-hybridized carbons (Fsp3) is 0. The van der Waals surface area contributed by atoms with Gasteiger partial charge < -0.3 is 9.67 Å². The van der Waals surface area contributed by atoms with E-state index < -0.39 is 5.97 Å². The van der Waals surface area contributed by atoms with E-state index >= 15 is 0 Å². The van der Waals surface area contributed by atoms with Gasteiger partial charge in [-0.3, -0.25) is 0 Å². The highest BCUT2D eigenvalue weighted by molar-refractivity contribution is 9.10. The summed E-state index contributed by atoms with van der Waals surface area (Å²) in [6, 6.07) is 9.03. The van der Waals surface area contributed by atoms with E-state index in [1.807, 2.05) is 24.3 Å². The van der Waals surface area contributed by atoms with Crippen LogP contribution in [0.2, 0.25) is 0 Å². The van der Waals surface area contributed by atoms with Crippen molar-refractivity contribution in [3.05, 3.63) is 51.2 Å². The van der Waals surface area contributed by atoms with Gasteiger partial charge >= 0.3 is 5.97 Å². The molecule has 0 aliphatic carbocycles. The molecule has 5 heteroatoms. The van der Waals surface area contributed by atoms with Gasteiger partial charge in [0.15, 0.2) is 0 Å². The molecule has 0 unspecified atom stereocenters. The molecule has 16 heavy (non-hydrogen) atoms. The summed E-state index contributed by atoms with van der Waals surface area (Å²) in [6.07, 6.45) is 1.73. The number of hydrogen-bond donors (Lipinski definition) is 1. The average Bonchev–Trinajstić information content (AvgIpc) is 2.60. The quantitative estimate of drug-likeness (QED) is 0.902. The predicted molar refractivity (Wildman–Crippen MR) is 68.1 cm³/mol. The summed E-state index contributed by atoms with van der Waals surface area (Å²) < 4.78 is 3.27. The number of hydrogen-bond acceptors (Lipinski definition) is 1.